The Hall–Kier alpha value is 0.840. The maximum Gasteiger partial charge on any atom is 0.0928 e. The topological polar surface area (TPSA) is 26.7 Å². The predicted molar refractivity (Wildman–Crippen MR) is 158 cm³/mol. The van der Waals surface area contributed by atoms with Gasteiger partial charge in [-0.3, -0.25) is 9.80 Å². The fourth-order valence-electron chi connectivity index (χ4n) is 5.58. The van der Waals surface area contributed by atoms with E-state index in [2.05, 4.69) is 62.4 Å². The molecule has 1 fully saturated rings. The number of hydrogen-bond donors (Lipinski definition) is 1. The third-order valence-corrected chi connectivity index (χ3v) is 10.5. The molecule has 1 aliphatic rings. The summed E-state index contributed by atoms with van der Waals surface area (Å²) in [6.45, 7) is 9.09. The number of aliphatic hydroxyl groups excluding tert-OH is 1. The van der Waals surface area contributed by atoms with Gasteiger partial charge in [0, 0.05) is 13.1 Å². The van der Waals surface area contributed by atoms with Gasteiger partial charge < -0.3 is 5.11 Å². The molecule has 0 saturated carbocycles. The molecular weight excluding hydrogens is 552 g/mol. The van der Waals surface area contributed by atoms with Gasteiger partial charge >= 0.3 is 0 Å². The van der Waals surface area contributed by atoms with Crippen LogP contribution in [0.15, 0.2) is 0 Å². The SMILES string of the molecule is CCCCCCCCCCCCCCCCCCC(C)C1N(CCO)C(Br)C(Br)N1CCCC. The standard InChI is InChI=1S/C29H58Br2N2O/c1-4-6-8-9-10-11-12-13-14-15-16-17-18-19-20-21-22-26(3)29-32(23-7-5-2)27(30)28(31)33(29)24-25-34/h26-29,34H,4-25H2,1-3H3. The number of hydrogen-bond acceptors (Lipinski definition) is 3. The highest BCUT2D eigenvalue weighted by Gasteiger charge is 2.45. The Morgan fingerprint density at radius 1 is 0.588 bits per heavy atom. The van der Waals surface area contributed by atoms with Crippen LogP contribution in [0, 0.1) is 5.92 Å². The lowest BCUT2D eigenvalue weighted by molar-refractivity contribution is 0.0624. The van der Waals surface area contributed by atoms with E-state index >= 15 is 0 Å². The zero-order chi connectivity index (χ0) is 25.0. The quantitative estimate of drug-likeness (QED) is 0.0710. The van der Waals surface area contributed by atoms with Crippen molar-refractivity contribution in [3.05, 3.63) is 0 Å². The van der Waals surface area contributed by atoms with Gasteiger partial charge in [0.15, 0.2) is 0 Å². The van der Waals surface area contributed by atoms with Gasteiger partial charge in [0.1, 0.15) is 0 Å². The lowest BCUT2D eigenvalue weighted by Crippen LogP contribution is -2.46. The normalized spacial score (nSPS) is 22.6. The first-order valence-corrected chi connectivity index (χ1v) is 16.8. The monoisotopic (exact) mass is 608 g/mol. The zero-order valence-electron chi connectivity index (χ0n) is 23.0. The van der Waals surface area contributed by atoms with E-state index in [0.29, 0.717) is 17.0 Å². The third-order valence-electron chi connectivity index (χ3n) is 7.69. The number of unbranched alkanes of at least 4 members (excludes halogenated alkanes) is 16. The number of aliphatic hydroxyl groups is 1. The van der Waals surface area contributed by atoms with Crippen molar-refractivity contribution < 1.29 is 5.11 Å². The minimum Gasteiger partial charge on any atom is -0.395 e. The average Bonchev–Trinajstić information content (AvgIpc) is 3.07. The van der Waals surface area contributed by atoms with E-state index in [1.807, 2.05) is 0 Å². The molecule has 34 heavy (non-hydrogen) atoms. The van der Waals surface area contributed by atoms with Crippen molar-refractivity contribution in [2.75, 3.05) is 19.7 Å². The minimum atomic E-state index is 0.228. The van der Waals surface area contributed by atoms with E-state index in [9.17, 15) is 5.11 Å². The van der Waals surface area contributed by atoms with Gasteiger partial charge in [-0.1, -0.05) is 162 Å². The molecule has 1 saturated heterocycles. The van der Waals surface area contributed by atoms with Gasteiger partial charge in [-0.2, -0.15) is 0 Å². The second kappa shape index (κ2) is 21.9. The smallest absolute Gasteiger partial charge is 0.0928 e. The van der Waals surface area contributed by atoms with Crippen molar-refractivity contribution in [3.63, 3.8) is 0 Å². The van der Waals surface area contributed by atoms with Gasteiger partial charge in [-0.15, -0.1) is 0 Å². The van der Waals surface area contributed by atoms with Crippen molar-refractivity contribution in [1.82, 2.24) is 9.80 Å². The molecule has 1 aliphatic heterocycles. The van der Waals surface area contributed by atoms with Crippen molar-refractivity contribution in [3.8, 4) is 0 Å². The molecule has 0 aromatic heterocycles. The Balaban J connectivity index is 2.10. The number of halogens is 2. The van der Waals surface area contributed by atoms with Crippen LogP contribution in [0.4, 0.5) is 0 Å². The van der Waals surface area contributed by atoms with Crippen molar-refractivity contribution in [2.45, 2.75) is 159 Å². The number of nitrogens with zero attached hydrogens (tertiary/aromatic N) is 2. The highest BCUT2D eigenvalue weighted by Crippen LogP contribution is 2.38. The van der Waals surface area contributed by atoms with Crippen LogP contribution in [0.25, 0.3) is 0 Å². The summed E-state index contributed by atoms with van der Waals surface area (Å²) in [7, 11) is 0. The molecule has 1 heterocycles. The van der Waals surface area contributed by atoms with E-state index in [1.54, 1.807) is 0 Å². The molecule has 1 N–H and O–H groups in total. The second-order valence-corrected chi connectivity index (χ2v) is 12.7. The first-order chi connectivity index (χ1) is 16.6. The molecule has 3 nitrogen and oxygen atoms in total. The minimum absolute atomic E-state index is 0.228. The Labute approximate surface area is 230 Å². The zero-order valence-corrected chi connectivity index (χ0v) is 26.1. The Morgan fingerprint density at radius 2 is 0.971 bits per heavy atom. The van der Waals surface area contributed by atoms with Crippen LogP contribution in [0.5, 0.6) is 0 Å². The number of rotatable bonds is 23. The Bertz CT molecular complexity index is 454. The average molecular weight is 611 g/mol. The fourth-order valence-corrected chi connectivity index (χ4v) is 7.08. The van der Waals surface area contributed by atoms with Crippen LogP contribution >= 0.6 is 31.9 Å². The van der Waals surface area contributed by atoms with Gasteiger partial charge in [-0.05, 0) is 18.8 Å². The summed E-state index contributed by atoms with van der Waals surface area (Å²) >= 11 is 7.82. The molecule has 0 bridgehead atoms. The molecule has 0 spiro atoms. The summed E-state index contributed by atoms with van der Waals surface area (Å²) in [6, 6.07) is 0. The predicted octanol–water partition coefficient (Wildman–Crippen LogP) is 9.45. The third kappa shape index (κ3) is 13.4. The van der Waals surface area contributed by atoms with E-state index in [-0.39, 0.29) is 11.6 Å². The molecule has 0 amide bonds. The van der Waals surface area contributed by atoms with E-state index in [4.69, 9.17) is 0 Å². The molecule has 0 aliphatic carbocycles. The lowest BCUT2D eigenvalue weighted by Gasteiger charge is -2.35. The van der Waals surface area contributed by atoms with E-state index < -0.39 is 0 Å². The maximum absolute atomic E-state index is 9.62. The van der Waals surface area contributed by atoms with Crippen LogP contribution in [0.1, 0.15) is 143 Å². The molecule has 4 unspecified atom stereocenters. The largest absolute Gasteiger partial charge is 0.395 e. The summed E-state index contributed by atoms with van der Waals surface area (Å²) in [5.41, 5.74) is 0. The first-order valence-electron chi connectivity index (χ1n) is 15.0. The van der Waals surface area contributed by atoms with Crippen LogP contribution < -0.4 is 0 Å². The molecule has 0 aromatic rings. The van der Waals surface area contributed by atoms with Gasteiger partial charge in [0.25, 0.3) is 0 Å². The van der Waals surface area contributed by atoms with Crippen molar-refractivity contribution in [1.29, 1.82) is 0 Å². The fraction of sp³-hybridized carbons (Fsp3) is 1.00. The molecule has 204 valence electrons. The summed E-state index contributed by atoms with van der Waals surface area (Å²) in [5, 5.41) is 9.62. The van der Waals surface area contributed by atoms with Gasteiger partial charge in [0.2, 0.25) is 0 Å². The van der Waals surface area contributed by atoms with Gasteiger partial charge in [-0.25, -0.2) is 0 Å². The van der Waals surface area contributed by atoms with Crippen LogP contribution in [0.3, 0.4) is 0 Å². The highest BCUT2D eigenvalue weighted by molar-refractivity contribution is 9.12. The first kappa shape index (κ1) is 32.9. The van der Waals surface area contributed by atoms with Gasteiger partial charge in [0.05, 0.1) is 22.7 Å². The highest BCUT2D eigenvalue weighted by atomic mass is 79.9. The van der Waals surface area contributed by atoms with Crippen molar-refractivity contribution >= 4 is 31.9 Å². The van der Waals surface area contributed by atoms with Crippen LogP contribution in [-0.2, 0) is 0 Å². The van der Waals surface area contributed by atoms with E-state index in [1.165, 1.54) is 122 Å². The van der Waals surface area contributed by atoms with Crippen LogP contribution in [-0.4, -0.2) is 50.7 Å². The Kier molecular flexibility index (Phi) is 21.2. The maximum atomic E-state index is 9.62. The summed E-state index contributed by atoms with van der Waals surface area (Å²) in [4.78, 5) is 5.68. The molecular formula is C29H58Br2N2O. The lowest BCUT2D eigenvalue weighted by atomic mass is 9.97. The molecule has 5 heteroatoms. The number of alkyl halides is 2. The number of β-amino-alcohol motifs (C(OH)–C–C–N with tert-alkyl or cyclic N) is 1. The second-order valence-electron chi connectivity index (χ2n) is 10.8. The van der Waals surface area contributed by atoms with Crippen molar-refractivity contribution in [2.24, 2.45) is 5.92 Å². The molecule has 0 radical (unpaired) electrons. The molecule has 1 rings (SSSR count). The molecule has 0 aromatic carbocycles. The summed E-state index contributed by atoms with van der Waals surface area (Å²) < 4.78 is 0. The Morgan fingerprint density at radius 3 is 1.38 bits per heavy atom. The molecule has 4 atom stereocenters. The summed E-state index contributed by atoms with van der Waals surface area (Å²) in [6.07, 6.45) is 27.0. The van der Waals surface area contributed by atoms with E-state index in [0.717, 1.165) is 13.1 Å². The summed E-state index contributed by atoms with van der Waals surface area (Å²) in [5.74, 6) is 0.623. The van der Waals surface area contributed by atoms with Crippen LogP contribution in [0.2, 0.25) is 0 Å².